The molecule has 0 aliphatic carbocycles. The number of aromatic nitrogens is 1. The number of hydrogen-bond acceptors (Lipinski definition) is 3. The second kappa shape index (κ2) is 10.1. The minimum Gasteiger partial charge on any atom is -0.320 e. The summed E-state index contributed by atoms with van der Waals surface area (Å²) in [6.45, 7) is 11.2. The topological polar surface area (TPSA) is 42.0 Å². The summed E-state index contributed by atoms with van der Waals surface area (Å²) >= 11 is 0. The van der Waals surface area contributed by atoms with Crippen LogP contribution in [0.15, 0.2) is 24.3 Å². The van der Waals surface area contributed by atoms with Crippen LogP contribution in [0.3, 0.4) is 0 Å². The van der Waals surface area contributed by atoms with Gasteiger partial charge in [0.1, 0.15) is 6.29 Å². The van der Waals surface area contributed by atoms with Gasteiger partial charge in [0, 0.05) is 16.6 Å². The number of carbonyl (C=O) groups is 1. The molecule has 1 aromatic carbocycles. The van der Waals surface area contributed by atoms with E-state index in [1.165, 1.54) is 5.56 Å². The largest absolute Gasteiger partial charge is 0.320 e. The molecule has 2 aromatic rings. The highest BCUT2D eigenvalue weighted by Gasteiger charge is 2.00. The Bertz CT molecular complexity index is 534. The molecule has 0 unspecified atom stereocenters. The van der Waals surface area contributed by atoms with Crippen LogP contribution in [0.4, 0.5) is 0 Å². The van der Waals surface area contributed by atoms with Crippen molar-refractivity contribution in [2.24, 2.45) is 0 Å². The molecule has 0 saturated carbocycles. The lowest BCUT2D eigenvalue weighted by molar-refractivity contribution is 0.112. The van der Waals surface area contributed by atoms with Crippen LogP contribution in [-0.2, 0) is 0 Å². The van der Waals surface area contributed by atoms with E-state index in [2.05, 4.69) is 24.1 Å². The van der Waals surface area contributed by atoms with Crippen molar-refractivity contribution in [2.45, 2.75) is 34.6 Å². The van der Waals surface area contributed by atoms with Gasteiger partial charge in [-0.25, -0.2) is 0 Å². The molecule has 0 aliphatic heterocycles. The Labute approximate surface area is 122 Å². The number of nitrogens with one attached hydrogen (secondary N) is 1. The van der Waals surface area contributed by atoms with Gasteiger partial charge in [-0.1, -0.05) is 32.9 Å². The van der Waals surface area contributed by atoms with Crippen molar-refractivity contribution in [3.05, 3.63) is 41.1 Å². The summed E-state index contributed by atoms with van der Waals surface area (Å²) in [4.78, 5) is 15.0. The van der Waals surface area contributed by atoms with Gasteiger partial charge in [-0.2, -0.15) is 0 Å². The number of carbonyl (C=O) groups excluding carboxylic acids is 1. The zero-order chi connectivity index (χ0) is 15.5. The molecular weight excluding hydrogens is 248 g/mol. The minimum absolute atomic E-state index is 0.676. The van der Waals surface area contributed by atoms with Crippen LogP contribution in [-0.4, -0.2) is 24.9 Å². The predicted octanol–water partition coefficient (Wildman–Crippen LogP) is 3.92. The number of pyridine rings is 1. The molecule has 0 saturated heterocycles. The maximum Gasteiger partial charge on any atom is 0.150 e. The monoisotopic (exact) mass is 274 g/mol. The third kappa shape index (κ3) is 5.49. The summed E-state index contributed by atoms with van der Waals surface area (Å²) in [5.74, 6) is 0. The van der Waals surface area contributed by atoms with E-state index in [9.17, 15) is 4.79 Å². The minimum atomic E-state index is 0.676. The maximum atomic E-state index is 10.6. The molecular formula is C17H26N2O. The van der Waals surface area contributed by atoms with Gasteiger partial charge < -0.3 is 5.32 Å². The van der Waals surface area contributed by atoms with E-state index < -0.39 is 0 Å². The quantitative estimate of drug-likeness (QED) is 0.844. The number of hydrogen-bond donors (Lipinski definition) is 1. The number of rotatable bonds is 2. The standard InChI is InChI=1S/C12H11NO.C3H9N.C2H6/c1-8-5-9(2)13-12-6-10(7-14)3-4-11(8)12;1-3-4-2;1-2/h3-7H,1-2H3;4H,3H2,1-2H3;1-2H3. The van der Waals surface area contributed by atoms with Gasteiger partial charge in [-0.05, 0) is 45.1 Å². The van der Waals surface area contributed by atoms with Gasteiger partial charge in [-0.15, -0.1) is 0 Å². The van der Waals surface area contributed by atoms with E-state index >= 15 is 0 Å². The zero-order valence-electron chi connectivity index (χ0n) is 13.4. The predicted molar refractivity (Wildman–Crippen MR) is 87.6 cm³/mol. The summed E-state index contributed by atoms with van der Waals surface area (Å²) in [5.41, 5.74) is 3.75. The molecule has 110 valence electrons. The van der Waals surface area contributed by atoms with Crippen molar-refractivity contribution in [3.63, 3.8) is 0 Å². The highest BCUT2D eigenvalue weighted by Crippen LogP contribution is 2.18. The Morgan fingerprint density at radius 2 is 1.80 bits per heavy atom. The fourth-order valence-corrected chi connectivity index (χ4v) is 1.66. The lowest BCUT2D eigenvalue weighted by Gasteiger charge is -2.03. The fourth-order valence-electron chi connectivity index (χ4n) is 1.66. The molecule has 1 heterocycles. The SMILES string of the molecule is CC.CCNC.Cc1cc(C)c2ccc(C=O)cc2n1. The highest BCUT2D eigenvalue weighted by atomic mass is 16.1. The summed E-state index contributed by atoms with van der Waals surface area (Å²) in [6, 6.07) is 7.63. The van der Waals surface area contributed by atoms with Gasteiger partial charge in [-0.3, -0.25) is 9.78 Å². The van der Waals surface area contributed by atoms with Gasteiger partial charge in [0.05, 0.1) is 5.52 Å². The first kappa shape index (κ1) is 18.3. The van der Waals surface area contributed by atoms with E-state index in [0.29, 0.717) is 5.56 Å². The molecule has 0 fully saturated rings. The molecule has 3 nitrogen and oxygen atoms in total. The van der Waals surface area contributed by atoms with Crippen LogP contribution in [0.1, 0.15) is 42.4 Å². The molecule has 0 atom stereocenters. The first-order valence-corrected chi connectivity index (χ1v) is 7.10. The van der Waals surface area contributed by atoms with Crippen molar-refractivity contribution < 1.29 is 4.79 Å². The van der Waals surface area contributed by atoms with Crippen molar-refractivity contribution in [2.75, 3.05) is 13.6 Å². The Balaban J connectivity index is 0.000000521. The molecule has 0 aliphatic rings. The fraction of sp³-hybridized carbons (Fsp3) is 0.412. The third-order valence-electron chi connectivity index (χ3n) is 2.66. The lowest BCUT2D eigenvalue weighted by atomic mass is 10.1. The smallest absolute Gasteiger partial charge is 0.150 e. The van der Waals surface area contributed by atoms with E-state index in [0.717, 1.165) is 29.4 Å². The highest BCUT2D eigenvalue weighted by molar-refractivity contribution is 5.88. The normalized spacial score (nSPS) is 9.10. The molecule has 0 amide bonds. The molecule has 0 radical (unpaired) electrons. The number of fused-ring (bicyclic) bond motifs is 1. The van der Waals surface area contributed by atoms with Gasteiger partial charge >= 0.3 is 0 Å². The lowest BCUT2D eigenvalue weighted by Crippen LogP contribution is -2.01. The van der Waals surface area contributed by atoms with Crippen molar-refractivity contribution in [1.29, 1.82) is 0 Å². The average molecular weight is 274 g/mol. The molecule has 1 N–H and O–H groups in total. The van der Waals surface area contributed by atoms with E-state index in [-0.39, 0.29) is 0 Å². The van der Waals surface area contributed by atoms with E-state index in [4.69, 9.17) is 0 Å². The third-order valence-corrected chi connectivity index (χ3v) is 2.66. The maximum absolute atomic E-state index is 10.6. The Morgan fingerprint density at radius 3 is 2.30 bits per heavy atom. The van der Waals surface area contributed by atoms with Gasteiger partial charge in [0.15, 0.2) is 0 Å². The Hall–Kier alpha value is -1.74. The average Bonchev–Trinajstić information content (AvgIpc) is 2.48. The Kier molecular flexibility index (Phi) is 9.22. The first-order chi connectivity index (χ1) is 9.62. The molecule has 3 heteroatoms. The zero-order valence-corrected chi connectivity index (χ0v) is 13.4. The summed E-state index contributed by atoms with van der Waals surface area (Å²) in [7, 11) is 1.93. The Morgan fingerprint density at radius 1 is 1.20 bits per heavy atom. The van der Waals surface area contributed by atoms with Crippen LogP contribution in [0.25, 0.3) is 10.9 Å². The summed E-state index contributed by atoms with van der Waals surface area (Å²) in [5, 5.41) is 4.04. The van der Waals surface area contributed by atoms with E-state index in [1.807, 2.05) is 52.1 Å². The van der Waals surface area contributed by atoms with Crippen molar-refractivity contribution in [1.82, 2.24) is 10.3 Å². The van der Waals surface area contributed by atoms with Gasteiger partial charge in [0.25, 0.3) is 0 Å². The number of nitrogens with zero attached hydrogens (tertiary/aromatic N) is 1. The molecule has 2 rings (SSSR count). The van der Waals surface area contributed by atoms with Crippen LogP contribution in [0, 0.1) is 13.8 Å². The molecule has 20 heavy (non-hydrogen) atoms. The second-order valence-corrected chi connectivity index (χ2v) is 4.18. The summed E-state index contributed by atoms with van der Waals surface area (Å²) in [6.07, 6.45) is 0.846. The van der Waals surface area contributed by atoms with Crippen LogP contribution in [0.5, 0.6) is 0 Å². The van der Waals surface area contributed by atoms with E-state index in [1.54, 1.807) is 0 Å². The van der Waals surface area contributed by atoms with Crippen molar-refractivity contribution in [3.8, 4) is 0 Å². The van der Waals surface area contributed by atoms with Crippen LogP contribution >= 0.6 is 0 Å². The number of aldehydes is 1. The second-order valence-electron chi connectivity index (χ2n) is 4.18. The first-order valence-electron chi connectivity index (χ1n) is 7.10. The van der Waals surface area contributed by atoms with Crippen LogP contribution < -0.4 is 5.32 Å². The molecule has 0 spiro atoms. The summed E-state index contributed by atoms with van der Waals surface area (Å²) < 4.78 is 0. The molecule has 1 aromatic heterocycles. The van der Waals surface area contributed by atoms with Crippen LogP contribution in [0.2, 0.25) is 0 Å². The van der Waals surface area contributed by atoms with Gasteiger partial charge in [0.2, 0.25) is 0 Å². The number of aryl methyl sites for hydroxylation is 2. The van der Waals surface area contributed by atoms with Crippen molar-refractivity contribution >= 4 is 17.2 Å². The number of benzene rings is 1. The molecule has 0 bridgehead atoms.